The fourth-order valence-electron chi connectivity index (χ4n) is 4.53. The lowest BCUT2D eigenvalue weighted by Crippen LogP contribution is -2.41. The minimum Gasteiger partial charge on any atom is -0.338 e. The quantitative estimate of drug-likeness (QED) is 0.368. The van der Waals surface area contributed by atoms with E-state index in [2.05, 4.69) is 5.32 Å². The van der Waals surface area contributed by atoms with Crippen molar-refractivity contribution in [1.29, 1.82) is 0 Å². The van der Waals surface area contributed by atoms with Gasteiger partial charge in [0.25, 0.3) is 5.91 Å². The SMILES string of the molecule is O=C(Nc1ccccc1)C1CCN(C(=O)c2cn(Cc3ccccc3)nc2-c2ccc(Cl)cc2)CC1. The number of hydrogen-bond acceptors (Lipinski definition) is 3. The Bertz CT molecular complexity index is 1330. The summed E-state index contributed by atoms with van der Waals surface area (Å²) < 4.78 is 1.81. The van der Waals surface area contributed by atoms with E-state index in [-0.39, 0.29) is 17.7 Å². The number of benzene rings is 3. The smallest absolute Gasteiger partial charge is 0.257 e. The topological polar surface area (TPSA) is 67.2 Å². The Morgan fingerprint density at radius 1 is 0.889 bits per heavy atom. The second-order valence-corrected chi connectivity index (χ2v) is 9.44. The van der Waals surface area contributed by atoms with Crippen molar-refractivity contribution in [2.75, 3.05) is 18.4 Å². The Kier molecular flexibility index (Phi) is 7.14. The van der Waals surface area contributed by atoms with E-state index in [1.54, 1.807) is 12.1 Å². The van der Waals surface area contributed by atoms with Gasteiger partial charge in [-0.15, -0.1) is 0 Å². The Balaban J connectivity index is 1.32. The molecule has 1 N–H and O–H groups in total. The molecule has 7 heteroatoms. The van der Waals surface area contributed by atoms with Gasteiger partial charge in [-0.1, -0.05) is 72.3 Å². The number of nitrogens with one attached hydrogen (secondary N) is 1. The number of nitrogens with zero attached hydrogens (tertiary/aromatic N) is 3. The van der Waals surface area contributed by atoms with Gasteiger partial charge in [0, 0.05) is 41.5 Å². The third-order valence-corrected chi connectivity index (χ3v) is 6.74. The van der Waals surface area contributed by atoms with E-state index in [4.69, 9.17) is 16.7 Å². The van der Waals surface area contributed by atoms with E-state index in [1.165, 1.54) is 0 Å². The van der Waals surface area contributed by atoms with Gasteiger partial charge in [-0.25, -0.2) is 0 Å². The van der Waals surface area contributed by atoms with Gasteiger partial charge in [-0.3, -0.25) is 14.3 Å². The molecule has 0 unspecified atom stereocenters. The highest BCUT2D eigenvalue weighted by molar-refractivity contribution is 6.30. The maximum absolute atomic E-state index is 13.6. The van der Waals surface area contributed by atoms with E-state index < -0.39 is 0 Å². The molecule has 0 spiro atoms. The molecule has 1 fully saturated rings. The van der Waals surface area contributed by atoms with Crippen LogP contribution in [0.15, 0.2) is 91.1 Å². The molecule has 0 atom stereocenters. The number of carbonyl (C=O) groups is 2. The first-order chi connectivity index (χ1) is 17.6. The lowest BCUT2D eigenvalue weighted by molar-refractivity contribution is -0.121. The summed E-state index contributed by atoms with van der Waals surface area (Å²) in [5.41, 5.74) is 3.93. The molecule has 0 aliphatic carbocycles. The summed E-state index contributed by atoms with van der Waals surface area (Å²) >= 11 is 6.09. The fraction of sp³-hybridized carbons (Fsp3) is 0.207. The first kappa shape index (κ1) is 23.8. The predicted molar refractivity (Wildman–Crippen MR) is 142 cm³/mol. The summed E-state index contributed by atoms with van der Waals surface area (Å²) in [6.07, 6.45) is 3.07. The van der Waals surface area contributed by atoms with E-state index in [0.717, 1.165) is 16.8 Å². The number of hydrogen-bond donors (Lipinski definition) is 1. The Morgan fingerprint density at radius 2 is 1.53 bits per heavy atom. The summed E-state index contributed by atoms with van der Waals surface area (Å²) in [7, 11) is 0. The average molecular weight is 499 g/mol. The van der Waals surface area contributed by atoms with Crippen LogP contribution in [0.5, 0.6) is 0 Å². The summed E-state index contributed by atoms with van der Waals surface area (Å²) in [6.45, 7) is 1.61. The highest BCUT2D eigenvalue weighted by Crippen LogP contribution is 2.27. The van der Waals surface area contributed by atoms with Gasteiger partial charge in [0.2, 0.25) is 5.91 Å². The Morgan fingerprint density at radius 3 is 2.19 bits per heavy atom. The third kappa shape index (κ3) is 5.50. The van der Waals surface area contributed by atoms with Gasteiger partial charge in [-0.2, -0.15) is 5.10 Å². The van der Waals surface area contributed by atoms with E-state index >= 15 is 0 Å². The van der Waals surface area contributed by atoms with Gasteiger partial charge in [0.15, 0.2) is 0 Å². The highest BCUT2D eigenvalue weighted by atomic mass is 35.5. The number of piperidine rings is 1. The molecule has 6 nitrogen and oxygen atoms in total. The molecule has 1 aromatic heterocycles. The number of aromatic nitrogens is 2. The van der Waals surface area contributed by atoms with Gasteiger partial charge < -0.3 is 10.2 Å². The number of rotatable bonds is 6. The maximum Gasteiger partial charge on any atom is 0.257 e. The summed E-state index contributed by atoms with van der Waals surface area (Å²) in [4.78, 5) is 28.2. The van der Waals surface area contributed by atoms with Crippen LogP contribution in [-0.2, 0) is 11.3 Å². The molecule has 0 radical (unpaired) electrons. The molecule has 2 heterocycles. The van der Waals surface area contributed by atoms with Crippen molar-refractivity contribution in [1.82, 2.24) is 14.7 Å². The van der Waals surface area contributed by atoms with E-state index in [1.807, 2.05) is 88.6 Å². The second kappa shape index (κ2) is 10.8. The van der Waals surface area contributed by atoms with E-state index in [9.17, 15) is 9.59 Å². The fourth-order valence-corrected chi connectivity index (χ4v) is 4.66. The lowest BCUT2D eigenvalue weighted by Gasteiger charge is -2.31. The standard InChI is InChI=1S/C29H27ClN4O2/c30-24-13-11-22(12-14-24)27-26(20-34(32-27)19-21-7-3-1-4-8-21)29(36)33-17-15-23(16-18-33)28(35)31-25-9-5-2-6-10-25/h1-14,20,23H,15-19H2,(H,31,35). The number of anilines is 1. The molecule has 0 bridgehead atoms. The lowest BCUT2D eigenvalue weighted by atomic mass is 9.95. The highest BCUT2D eigenvalue weighted by Gasteiger charge is 2.30. The molecule has 2 amide bonds. The molecule has 36 heavy (non-hydrogen) atoms. The number of para-hydroxylation sites is 1. The zero-order valence-electron chi connectivity index (χ0n) is 19.8. The van der Waals surface area contributed by atoms with Crippen LogP contribution >= 0.6 is 11.6 Å². The van der Waals surface area contributed by atoms with Crippen molar-refractivity contribution in [2.45, 2.75) is 19.4 Å². The largest absolute Gasteiger partial charge is 0.338 e. The van der Waals surface area contributed by atoms with E-state index in [0.29, 0.717) is 48.8 Å². The van der Waals surface area contributed by atoms with Crippen molar-refractivity contribution < 1.29 is 9.59 Å². The minimum absolute atomic E-state index is 0.00540. The third-order valence-electron chi connectivity index (χ3n) is 6.49. The first-order valence-corrected chi connectivity index (χ1v) is 12.5. The molecular formula is C29H27ClN4O2. The van der Waals surface area contributed by atoms with Crippen LogP contribution < -0.4 is 5.32 Å². The zero-order valence-corrected chi connectivity index (χ0v) is 20.6. The van der Waals surface area contributed by atoms with Crippen molar-refractivity contribution in [3.8, 4) is 11.3 Å². The molecule has 1 saturated heterocycles. The second-order valence-electron chi connectivity index (χ2n) is 9.00. The van der Waals surface area contributed by atoms with Crippen molar-refractivity contribution in [3.63, 3.8) is 0 Å². The number of carbonyl (C=O) groups excluding carboxylic acids is 2. The zero-order chi connectivity index (χ0) is 24.9. The molecular weight excluding hydrogens is 472 g/mol. The van der Waals surface area contributed by atoms with Crippen molar-refractivity contribution in [3.05, 3.63) is 107 Å². The van der Waals surface area contributed by atoms with Crippen LogP contribution in [0.1, 0.15) is 28.8 Å². The van der Waals surface area contributed by atoms with Gasteiger partial charge in [-0.05, 0) is 42.7 Å². The van der Waals surface area contributed by atoms with Crippen LogP contribution in [-0.4, -0.2) is 39.6 Å². The molecule has 0 saturated carbocycles. The molecule has 1 aliphatic heterocycles. The summed E-state index contributed by atoms with van der Waals surface area (Å²) in [5, 5.41) is 8.39. The van der Waals surface area contributed by atoms with Crippen molar-refractivity contribution in [2.24, 2.45) is 5.92 Å². The van der Waals surface area contributed by atoms with Crippen LogP contribution in [0.2, 0.25) is 5.02 Å². The number of likely N-dealkylation sites (tertiary alicyclic amines) is 1. The van der Waals surface area contributed by atoms with Gasteiger partial charge in [0.1, 0.15) is 5.69 Å². The molecule has 1 aliphatic rings. The Hall–Kier alpha value is -3.90. The minimum atomic E-state index is -0.120. The van der Waals surface area contributed by atoms with Crippen LogP contribution in [0, 0.1) is 5.92 Å². The van der Waals surface area contributed by atoms with Crippen LogP contribution in [0.4, 0.5) is 5.69 Å². The number of amides is 2. The molecule has 4 aromatic rings. The summed E-state index contributed by atoms with van der Waals surface area (Å²) in [5.74, 6) is -0.183. The predicted octanol–water partition coefficient (Wildman–Crippen LogP) is 5.74. The molecule has 182 valence electrons. The summed E-state index contributed by atoms with van der Waals surface area (Å²) in [6, 6.07) is 26.9. The first-order valence-electron chi connectivity index (χ1n) is 12.1. The average Bonchev–Trinajstić information content (AvgIpc) is 3.33. The molecule has 5 rings (SSSR count). The van der Waals surface area contributed by atoms with Crippen molar-refractivity contribution >= 4 is 29.1 Å². The Labute approximate surface area is 215 Å². The van der Waals surface area contributed by atoms with Gasteiger partial charge >= 0.3 is 0 Å². The van der Waals surface area contributed by atoms with Crippen LogP contribution in [0.25, 0.3) is 11.3 Å². The monoisotopic (exact) mass is 498 g/mol. The maximum atomic E-state index is 13.6. The van der Waals surface area contributed by atoms with Crippen LogP contribution in [0.3, 0.4) is 0 Å². The normalized spacial score (nSPS) is 14.0. The number of halogens is 1. The molecule has 3 aromatic carbocycles. The van der Waals surface area contributed by atoms with Gasteiger partial charge in [0.05, 0.1) is 12.1 Å².